The molecule has 22 heavy (non-hydrogen) atoms. The molecule has 0 saturated heterocycles. The summed E-state index contributed by atoms with van der Waals surface area (Å²) in [5, 5.41) is 12.6. The molecule has 1 fully saturated rings. The monoisotopic (exact) mass is 325 g/mol. The van der Waals surface area contributed by atoms with Gasteiger partial charge in [-0.3, -0.25) is 9.59 Å². The SMILES string of the molecule is Cc1cc(OC(C)C(=O)N[C@@H]2CCC[C@@H]2C(=O)O)ccc1Cl. The molecule has 1 aliphatic carbocycles. The van der Waals surface area contributed by atoms with E-state index in [1.54, 1.807) is 25.1 Å². The maximum absolute atomic E-state index is 12.2. The molecule has 1 unspecified atom stereocenters. The van der Waals surface area contributed by atoms with E-state index in [0.717, 1.165) is 12.0 Å². The Balaban J connectivity index is 1.94. The van der Waals surface area contributed by atoms with E-state index in [4.69, 9.17) is 21.4 Å². The molecule has 0 bridgehead atoms. The Labute approximate surface area is 134 Å². The lowest BCUT2D eigenvalue weighted by Crippen LogP contribution is -2.45. The number of carboxylic acid groups (broad SMARTS) is 1. The van der Waals surface area contributed by atoms with Gasteiger partial charge in [0.05, 0.1) is 5.92 Å². The van der Waals surface area contributed by atoms with Gasteiger partial charge in [-0.2, -0.15) is 0 Å². The predicted molar refractivity (Wildman–Crippen MR) is 83.2 cm³/mol. The van der Waals surface area contributed by atoms with Crippen LogP contribution < -0.4 is 10.1 Å². The van der Waals surface area contributed by atoms with Gasteiger partial charge >= 0.3 is 5.97 Å². The van der Waals surface area contributed by atoms with Gasteiger partial charge in [0, 0.05) is 11.1 Å². The van der Waals surface area contributed by atoms with Gasteiger partial charge in [-0.1, -0.05) is 18.0 Å². The smallest absolute Gasteiger partial charge is 0.308 e. The molecule has 1 aromatic rings. The summed E-state index contributed by atoms with van der Waals surface area (Å²) >= 11 is 5.95. The molecule has 1 aromatic carbocycles. The van der Waals surface area contributed by atoms with Crippen LogP contribution in [0.2, 0.25) is 5.02 Å². The molecule has 3 atom stereocenters. The number of amides is 1. The van der Waals surface area contributed by atoms with Crippen molar-refractivity contribution in [3.8, 4) is 5.75 Å². The van der Waals surface area contributed by atoms with Crippen molar-refractivity contribution < 1.29 is 19.4 Å². The molecular formula is C16H20ClNO4. The van der Waals surface area contributed by atoms with Gasteiger partial charge in [-0.05, 0) is 50.5 Å². The van der Waals surface area contributed by atoms with E-state index in [1.807, 2.05) is 6.92 Å². The molecule has 1 aliphatic rings. The Morgan fingerprint density at radius 3 is 2.77 bits per heavy atom. The van der Waals surface area contributed by atoms with E-state index in [1.165, 1.54) is 0 Å². The fourth-order valence-electron chi connectivity index (χ4n) is 2.68. The van der Waals surface area contributed by atoms with E-state index in [-0.39, 0.29) is 11.9 Å². The summed E-state index contributed by atoms with van der Waals surface area (Å²) in [6, 6.07) is 4.87. The van der Waals surface area contributed by atoms with Crippen LogP contribution >= 0.6 is 11.6 Å². The maximum Gasteiger partial charge on any atom is 0.308 e. The van der Waals surface area contributed by atoms with E-state index in [2.05, 4.69) is 5.32 Å². The quantitative estimate of drug-likeness (QED) is 0.873. The van der Waals surface area contributed by atoms with Crippen LogP contribution in [0.15, 0.2) is 18.2 Å². The topological polar surface area (TPSA) is 75.6 Å². The maximum atomic E-state index is 12.2. The van der Waals surface area contributed by atoms with Crippen molar-refractivity contribution in [1.29, 1.82) is 0 Å². The Kier molecular flexibility index (Phi) is 5.29. The van der Waals surface area contributed by atoms with Gasteiger partial charge in [0.2, 0.25) is 0 Å². The summed E-state index contributed by atoms with van der Waals surface area (Å²) in [5.74, 6) is -1.10. The molecular weight excluding hydrogens is 306 g/mol. The van der Waals surface area contributed by atoms with E-state index in [9.17, 15) is 9.59 Å². The minimum Gasteiger partial charge on any atom is -0.481 e. The molecule has 2 N–H and O–H groups in total. The summed E-state index contributed by atoms with van der Waals surface area (Å²) < 4.78 is 5.60. The van der Waals surface area contributed by atoms with E-state index >= 15 is 0 Å². The van der Waals surface area contributed by atoms with Crippen LogP contribution in [0.25, 0.3) is 0 Å². The lowest BCUT2D eigenvalue weighted by atomic mass is 10.0. The number of halogens is 1. The minimum absolute atomic E-state index is 0.300. The molecule has 1 amide bonds. The van der Waals surface area contributed by atoms with Crippen molar-refractivity contribution in [2.24, 2.45) is 5.92 Å². The number of carbonyl (C=O) groups excluding carboxylic acids is 1. The standard InChI is InChI=1S/C16H20ClNO4/c1-9-8-11(6-7-13(9)17)22-10(2)15(19)18-14-5-3-4-12(14)16(20)21/h6-8,10,12,14H,3-5H2,1-2H3,(H,18,19)(H,20,21)/t10?,12-,14+/m0/s1. The number of aryl methyl sites for hydroxylation is 1. The molecule has 0 heterocycles. The van der Waals surface area contributed by atoms with Crippen molar-refractivity contribution >= 4 is 23.5 Å². The van der Waals surface area contributed by atoms with Gasteiger partial charge < -0.3 is 15.2 Å². The van der Waals surface area contributed by atoms with Crippen LogP contribution in [0.4, 0.5) is 0 Å². The van der Waals surface area contributed by atoms with Gasteiger partial charge in [0.1, 0.15) is 5.75 Å². The molecule has 2 rings (SSSR count). The van der Waals surface area contributed by atoms with Crippen LogP contribution in [0, 0.1) is 12.8 Å². The molecule has 0 aromatic heterocycles. The number of hydrogen-bond acceptors (Lipinski definition) is 3. The molecule has 0 spiro atoms. The van der Waals surface area contributed by atoms with Crippen molar-refractivity contribution in [2.75, 3.05) is 0 Å². The van der Waals surface area contributed by atoms with Gasteiger partial charge in [-0.25, -0.2) is 0 Å². The van der Waals surface area contributed by atoms with E-state index < -0.39 is 18.0 Å². The first kappa shape index (κ1) is 16.6. The second kappa shape index (κ2) is 7.01. The predicted octanol–water partition coefficient (Wildman–Crippen LogP) is 2.79. The minimum atomic E-state index is -0.857. The number of carboxylic acids is 1. The summed E-state index contributed by atoms with van der Waals surface area (Å²) in [6.07, 6.45) is 1.41. The summed E-state index contributed by atoms with van der Waals surface area (Å²) in [4.78, 5) is 23.3. The number of aliphatic carboxylic acids is 1. The van der Waals surface area contributed by atoms with Crippen LogP contribution in [-0.4, -0.2) is 29.1 Å². The third-order valence-corrected chi connectivity index (χ3v) is 4.40. The zero-order valence-corrected chi connectivity index (χ0v) is 13.4. The van der Waals surface area contributed by atoms with E-state index in [0.29, 0.717) is 23.6 Å². The number of carbonyl (C=O) groups is 2. The van der Waals surface area contributed by atoms with Gasteiger partial charge in [0.25, 0.3) is 5.91 Å². The number of hydrogen-bond donors (Lipinski definition) is 2. The average Bonchev–Trinajstić information content (AvgIpc) is 2.91. The number of nitrogens with one attached hydrogen (secondary N) is 1. The average molecular weight is 326 g/mol. The highest BCUT2D eigenvalue weighted by atomic mass is 35.5. The first-order chi connectivity index (χ1) is 10.4. The molecule has 6 heteroatoms. The lowest BCUT2D eigenvalue weighted by Gasteiger charge is -2.21. The highest BCUT2D eigenvalue weighted by molar-refractivity contribution is 6.31. The number of benzene rings is 1. The molecule has 120 valence electrons. The second-order valence-electron chi connectivity index (χ2n) is 5.66. The largest absolute Gasteiger partial charge is 0.481 e. The highest BCUT2D eigenvalue weighted by Gasteiger charge is 2.34. The second-order valence-corrected chi connectivity index (χ2v) is 6.07. The zero-order chi connectivity index (χ0) is 16.3. The fourth-order valence-corrected chi connectivity index (χ4v) is 2.79. The van der Waals surface area contributed by atoms with Gasteiger partial charge in [0.15, 0.2) is 6.10 Å². The Morgan fingerprint density at radius 2 is 2.14 bits per heavy atom. The van der Waals surface area contributed by atoms with Crippen LogP contribution in [0.3, 0.4) is 0 Å². The van der Waals surface area contributed by atoms with Crippen molar-refractivity contribution in [3.05, 3.63) is 28.8 Å². The van der Waals surface area contributed by atoms with Crippen LogP contribution in [0.1, 0.15) is 31.7 Å². The summed E-state index contributed by atoms with van der Waals surface area (Å²) in [6.45, 7) is 3.50. The van der Waals surface area contributed by atoms with Crippen molar-refractivity contribution in [3.63, 3.8) is 0 Å². The number of ether oxygens (including phenoxy) is 1. The van der Waals surface area contributed by atoms with Crippen molar-refractivity contribution in [1.82, 2.24) is 5.32 Å². The zero-order valence-electron chi connectivity index (χ0n) is 12.6. The Bertz CT molecular complexity index is 575. The number of rotatable bonds is 5. The fraction of sp³-hybridized carbons (Fsp3) is 0.500. The van der Waals surface area contributed by atoms with Gasteiger partial charge in [-0.15, -0.1) is 0 Å². The lowest BCUT2D eigenvalue weighted by molar-refractivity contribution is -0.142. The molecule has 0 aliphatic heterocycles. The van der Waals surface area contributed by atoms with Crippen molar-refractivity contribution in [2.45, 2.75) is 45.3 Å². The third-order valence-electron chi connectivity index (χ3n) is 3.97. The summed E-state index contributed by atoms with van der Waals surface area (Å²) in [5.41, 5.74) is 0.869. The first-order valence-electron chi connectivity index (χ1n) is 7.34. The highest BCUT2D eigenvalue weighted by Crippen LogP contribution is 2.26. The Morgan fingerprint density at radius 1 is 1.41 bits per heavy atom. The third kappa shape index (κ3) is 3.91. The normalized spacial score (nSPS) is 22.1. The molecule has 5 nitrogen and oxygen atoms in total. The first-order valence-corrected chi connectivity index (χ1v) is 7.72. The van der Waals surface area contributed by atoms with Crippen LogP contribution in [0.5, 0.6) is 5.75 Å². The summed E-state index contributed by atoms with van der Waals surface area (Å²) in [7, 11) is 0. The molecule has 1 saturated carbocycles. The molecule has 0 radical (unpaired) electrons. The van der Waals surface area contributed by atoms with Crippen LogP contribution in [-0.2, 0) is 9.59 Å². The Hall–Kier alpha value is -1.75.